The number of nitrogens with zero attached hydrogens (tertiary/aromatic N) is 3. The van der Waals surface area contributed by atoms with Gasteiger partial charge in [0.25, 0.3) is 0 Å². The summed E-state index contributed by atoms with van der Waals surface area (Å²) in [6.07, 6.45) is -0.556. The molecule has 0 fully saturated rings. The topological polar surface area (TPSA) is 59.8 Å². The van der Waals surface area contributed by atoms with Crippen LogP contribution in [0.4, 0.5) is 0 Å². The van der Waals surface area contributed by atoms with Crippen LogP contribution in [0.3, 0.4) is 0 Å². The number of aliphatic hydroxyl groups is 1. The maximum atomic E-state index is 10.4. The predicted molar refractivity (Wildman–Crippen MR) is 123 cm³/mol. The van der Waals surface area contributed by atoms with Crippen molar-refractivity contribution in [2.45, 2.75) is 26.5 Å². The quantitative estimate of drug-likeness (QED) is 0.497. The fraction of sp³-hybridized carbons (Fsp3) is 0.400. The maximum Gasteiger partial charge on any atom is 0.222 e. The van der Waals surface area contributed by atoms with E-state index in [1.807, 2.05) is 55.6 Å². The van der Waals surface area contributed by atoms with Crippen LogP contribution in [0.2, 0.25) is 0 Å². The highest BCUT2D eigenvalue weighted by atomic mass is 16.5. The van der Waals surface area contributed by atoms with Crippen LogP contribution in [-0.2, 0) is 18.3 Å². The van der Waals surface area contributed by atoms with Gasteiger partial charge in [0.2, 0.25) is 5.88 Å². The Morgan fingerprint density at radius 2 is 1.65 bits per heavy atom. The van der Waals surface area contributed by atoms with Crippen molar-refractivity contribution < 1.29 is 14.6 Å². The number of hydrogen-bond acceptors (Lipinski definition) is 5. The van der Waals surface area contributed by atoms with E-state index in [-0.39, 0.29) is 0 Å². The largest absolute Gasteiger partial charge is 0.439 e. The average Bonchev–Trinajstić information content (AvgIpc) is 3.04. The van der Waals surface area contributed by atoms with Crippen molar-refractivity contribution in [2.75, 3.05) is 26.8 Å². The fourth-order valence-corrected chi connectivity index (χ4v) is 3.74. The van der Waals surface area contributed by atoms with Crippen molar-refractivity contribution in [1.82, 2.24) is 14.7 Å². The van der Waals surface area contributed by atoms with Gasteiger partial charge in [-0.25, -0.2) is 4.68 Å². The molecular formula is C25H33N3O3. The van der Waals surface area contributed by atoms with Crippen molar-refractivity contribution in [1.29, 1.82) is 0 Å². The number of para-hydroxylation sites is 1. The van der Waals surface area contributed by atoms with E-state index in [1.165, 1.54) is 0 Å². The second kappa shape index (κ2) is 11.1. The van der Waals surface area contributed by atoms with Crippen LogP contribution in [0.15, 0.2) is 60.7 Å². The molecule has 0 aliphatic rings. The Labute approximate surface area is 185 Å². The lowest BCUT2D eigenvalue weighted by molar-refractivity contribution is 0.0330. The Bertz CT molecular complexity index is 926. The molecule has 0 bridgehead atoms. The van der Waals surface area contributed by atoms with E-state index < -0.39 is 6.10 Å². The van der Waals surface area contributed by atoms with E-state index in [4.69, 9.17) is 14.6 Å². The van der Waals surface area contributed by atoms with E-state index >= 15 is 0 Å². The number of aliphatic hydroxyl groups excluding tert-OH is 1. The summed E-state index contributed by atoms with van der Waals surface area (Å²) in [5, 5.41) is 15.2. The molecule has 0 aliphatic heterocycles. The molecular weight excluding hydrogens is 390 g/mol. The van der Waals surface area contributed by atoms with E-state index in [0.29, 0.717) is 31.5 Å². The summed E-state index contributed by atoms with van der Waals surface area (Å²) in [7, 11) is 3.51. The van der Waals surface area contributed by atoms with Crippen LogP contribution in [0, 0.1) is 5.92 Å². The number of aromatic nitrogens is 2. The lowest BCUT2D eigenvalue weighted by Gasteiger charge is -2.27. The third-order valence-electron chi connectivity index (χ3n) is 4.93. The minimum Gasteiger partial charge on any atom is -0.439 e. The van der Waals surface area contributed by atoms with E-state index in [1.54, 1.807) is 11.8 Å². The van der Waals surface area contributed by atoms with Gasteiger partial charge in [0.05, 0.1) is 18.3 Å². The molecule has 3 aromatic rings. The Hall–Kier alpha value is -2.67. The first-order valence-electron chi connectivity index (χ1n) is 10.7. The predicted octanol–water partition coefficient (Wildman–Crippen LogP) is 4.34. The highest BCUT2D eigenvalue weighted by Gasteiger charge is 2.23. The molecule has 1 N–H and O–H groups in total. The molecule has 6 heteroatoms. The molecule has 0 unspecified atom stereocenters. The Morgan fingerprint density at radius 1 is 1.00 bits per heavy atom. The molecule has 6 nitrogen and oxygen atoms in total. The molecule has 2 aromatic carbocycles. The Balaban J connectivity index is 1.99. The van der Waals surface area contributed by atoms with Gasteiger partial charge in [0.15, 0.2) is 0 Å². The van der Waals surface area contributed by atoms with Crippen molar-refractivity contribution in [3.8, 4) is 22.9 Å². The molecule has 1 heterocycles. The van der Waals surface area contributed by atoms with Crippen LogP contribution in [0.25, 0.3) is 11.3 Å². The summed E-state index contributed by atoms with van der Waals surface area (Å²) in [6.45, 7) is 6.63. The summed E-state index contributed by atoms with van der Waals surface area (Å²) in [4.78, 5) is 2.25. The highest BCUT2D eigenvalue weighted by molar-refractivity contribution is 5.65. The van der Waals surface area contributed by atoms with Gasteiger partial charge in [-0.3, -0.25) is 4.90 Å². The third kappa shape index (κ3) is 6.40. The Morgan fingerprint density at radius 3 is 2.26 bits per heavy atom. The summed E-state index contributed by atoms with van der Waals surface area (Å²) >= 11 is 0. The second-order valence-electron chi connectivity index (χ2n) is 8.23. The molecule has 0 aliphatic carbocycles. The fourth-order valence-electron chi connectivity index (χ4n) is 3.74. The van der Waals surface area contributed by atoms with Gasteiger partial charge < -0.3 is 14.6 Å². The third-order valence-corrected chi connectivity index (χ3v) is 4.93. The first-order chi connectivity index (χ1) is 15.0. The zero-order valence-electron chi connectivity index (χ0n) is 18.9. The maximum absolute atomic E-state index is 10.4. The lowest BCUT2D eigenvalue weighted by Crippen LogP contribution is -2.36. The molecule has 1 aromatic heterocycles. The van der Waals surface area contributed by atoms with Gasteiger partial charge in [-0.15, -0.1) is 0 Å². The number of aryl methyl sites for hydroxylation is 1. The van der Waals surface area contributed by atoms with Gasteiger partial charge in [0.1, 0.15) is 11.4 Å². The first kappa shape index (κ1) is 23.0. The van der Waals surface area contributed by atoms with Crippen molar-refractivity contribution in [3.63, 3.8) is 0 Å². The van der Waals surface area contributed by atoms with E-state index in [9.17, 15) is 5.11 Å². The highest BCUT2D eigenvalue weighted by Crippen LogP contribution is 2.34. The summed E-state index contributed by atoms with van der Waals surface area (Å²) in [5.41, 5.74) is 2.93. The van der Waals surface area contributed by atoms with Crippen molar-refractivity contribution in [3.05, 3.63) is 66.2 Å². The monoisotopic (exact) mass is 423 g/mol. The van der Waals surface area contributed by atoms with E-state index in [2.05, 4.69) is 30.9 Å². The number of hydrogen-bond donors (Lipinski definition) is 1. The number of benzene rings is 2. The Kier molecular flexibility index (Phi) is 8.23. The van der Waals surface area contributed by atoms with Crippen LogP contribution >= 0.6 is 0 Å². The molecule has 166 valence electrons. The zero-order chi connectivity index (χ0) is 22.2. The summed E-state index contributed by atoms with van der Waals surface area (Å²) < 4.78 is 13.2. The molecule has 0 amide bonds. The molecule has 3 rings (SSSR count). The number of methoxy groups -OCH3 is 1. The van der Waals surface area contributed by atoms with Crippen LogP contribution in [0.1, 0.15) is 19.4 Å². The first-order valence-corrected chi connectivity index (χ1v) is 10.7. The molecule has 1 atom stereocenters. The van der Waals surface area contributed by atoms with E-state index in [0.717, 1.165) is 29.1 Å². The standard InChI is InChI=1S/C25H33N3O3/c1-19(2)15-28(16-21(29)18-30-4)17-23-24(20-11-7-5-8-12-20)26-27(3)25(23)31-22-13-9-6-10-14-22/h5-14,19,21,29H,15-18H2,1-4H3/t21-/m0/s1. The second-order valence-corrected chi connectivity index (χ2v) is 8.23. The minimum atomic E-state index is -0.556. The number of ether oxygens (including phenoxy) is 2. The van der Waals surface area contributed by atoms with Gasteiger partial charge in [0, 0.05) is 39.4 Å². The smallest absolute Gasteiger partial charge is 0.222 e. The molecule has 31 heavy (non-hydrogen) atoms. The molecule has 0 saturated heterocycles. The van der Waals surface area contributed by atoms with Gasteiger partial charge in [-0.2, -0.15) is 5.10 Å². The van der Waals surface area contributed by atoms with Crippen molar-refractivity contribution in [2.24, 2.45) is 13.0 Å². The SMILES string of the molecule is COC[C@@H](O)CN(Cc1c(-c2ccccc2)nn(C)c1Oc1ccccc1)CC(C)C. The van der Waals surface area contributed by atoms with Gasteiger partial charge in [-0.1, -0.05) is 62.4 Å². The van der Waals surface area contributed by atoms with Crippen LogP contribution < -0.4 is 4.74 Å². The molecule has 0 saturated carbocycles. The molecule has 0 radical (unpaired) electrons. The van der Waals surface area contributed by atoms with Gasteiger partial charge in [-0.05, 0) is 18.1 Å². The summed E-state index contributed by atoms with van der Waals surface area (Å²) in [6, 6.07) is 19.9. The number of rotatable bonds is 11. The molecule has 0 spiro atoms. The van der Waals surface area contributed by atoms with Crippen LogP contribution in [-0.4, -0.2) is 52.7 Å². The van der Waals surface area contributed by atoms with Crippen LogP contribution in [0.5, 0.6) is 11.6 Å². The normalized spacial score (nSPS) is 12.5. The minimum absolute atomic E-state index is 0.306. The summed E-state index contributed by atoms with van der Waals surface area (Å²) in [5.74, 6) is 1.92. The van der Waals surface area contributed by atoms with Crippen molar-refractivity contribution >= 4 is 0 Å². The zero-order valence-corrected chi connectivity index (χ0v) is 18.9. The van der Waals surface area contributed by atoms with Gasteiger partial charge >= 0.3 is 0 Å². The average molecular weight is 424 g/mol. The lowest BCUT2D eigenvalue weighted by atomic mass is 10.1.